The van der Waals surface area contributed by atoms with Crippen LogP contribution in [0.5, 0.6) is 5.75 Å². The van der Waals surface area contributed by atoms with Crippen molar-refractivity contribution >= 4 is 11.6 Å². The van der Waals surface area contributed by atoms with Crippen LogP contribution in [0.1, 0.15) is 36.4 Å². The third-order valence-electron chi connectivity index (χ3n) is 6.45. The molecule has 0 unspecified atom stereocenters. The molecule has 1 aromatic heterocycles. The summed E-state index contributed by atoms with van der Waals surface area (Å²) in [5, 5.41) is 4.24. The molecule has 0 bridgehead atoms. The highest BCUT2D eigenvalue weighted by Crippen LogP contribution is 2.27. The second kappa shape index (κ2) is 10.7. The van der Waals surface area contributed by atoms with E-state index in [1.54, 1.807) is 0 Å². The lowest BCUT2D eigenvalue weighted by Crippen LogP contribution is -2.23. The summed E-state index contributed by atoms with van der Waals surface area (Å²) in [4.78, 5) is 5.04. The quantitative estimate of drug-likeness (QED) is 0.303. The van der Waals surface area contributed by atoms with Crippen LogP contribution in [-0.2, 0) is 25.8 Å². The summed E-state index contributed by atoms with van der Waals surface area (Å²) in [5.74, 6) is 2.49. The molecule has 0 amide bonds. The number of nitrogens with one attached hydrogen (secondary N) is 1. The summed E-state index contributed by atoms with van der Waals surface area (Å²) in [7, 11) is 0. The van der Waals surface area contributed by atoms with Crippen LogP contribution >= 0.6 is 11.6 Å². The van der Waals surface area contributed by atoms with E-state index in [0.717, 1.165) is 60.2 Å². The molecule has 0 fully saturated rings. The molecule has 0 saturated heterocycles. The largest absolute Gasteiger partial charge is 0.493 e. The van der Waals surface area contributed by atoms with Crippen LogP contribution in [0.2, 0.25) is 5.02 Å². The SMILES string of the molecule is CC(C)Cc1nc(-c2ccc(OCCc3ccc(Cl)cc3)cc2)cn1-c1ccc2c(c1)CNCC2. The van der Waals surface area contributed by atoms with Gasteiger partial charge in [-0.3, -0.25) is 0 Å². The van der Waals surface area contributed by atoms with E-state index in [1.165, 1.54) is 22.4 Å². The molecule has 0 radical (unpaired) electrons. The van der Waals surface area contributed by atoms with Crippen LogP contribution in [0, 0.1) is 5.92 Å². The Kier molecular flexibility index (Phi) is 7.21. The van der Waals surface area contributed by atoms with Crippen molar-refractivity contribution in [1.82, 2.24) is 14.9 Å². The maximum Gasteiger partial charge on any atom is 0.119 e. The summed E-state index contributed by atoms with van der Waals surface area (Å²) < 4.78 is 8.23. The molecule has 4 aromatic rings. The standard InChI is InChI=1S/C30H32ClN3O/c1-21(2)17-30-33-29(20-34(30)27-10-5-23-13-15-32-19-25(23)18-27)24-6-11-28(12-7-24)35-16-14-22-3-8-26(31)9-4-22/h3-12,18,20-21,32H,13-17,19H2,1-2H3. The van der Waals surface area contributed by atoms with Gasteiger partial charge in [-0.1, -0.05) is 43.6 Å². The highest BCUT2D eigenvalue weighted by Gasteiger charge is 2.15. The lowest BCUT2D eigenvalue weighted by Gasteiger charge is -2.19. The Hall–Kier alpha value is -3.08. The number of aromatic nitrogens is 2. The number of halogens is 1. The van der Waals surface area contributed by atoms with Gasteiger partial charge < -0.3 is 14.6 Å². The summed E-state index contributed by atoms with van der Waals surface area (Å²) in [6.45, 7) is 7.10. The smallest absolute Gasteiger partial charge is 0.119 e. The molecule has 1 N–H and O–H groups in total. The van der Waals surface area contributed by atoms with E-state index in [1.807, 2.05) is 36.4 Å². The van der Waals surface area contributed by atoms with E-state index >= 15 is 0 Å². The second-order valence-electron chi connectivity index (χ2n) is 9.64. The van der Waals surface area contributed by atoms with Crippen LogP contribution in [0.3, 0.4) is 0 Å². The molecule has 35 heavy (non-hydrogen) atoms. The van der Waals surface area contributed by atoms with Crippen LogP contribution < -0.4 is 10.1 Å². The average molecular weight is 486 g/mol. The Bertz CT molecular complexity index is 1280. The van der Waals surface area contributed by atoms with Gasteiger partial charge in [-0.15, -0.1) is 0 Å². The van der Waals surface area contributed by atoms with Gasteiger partial charge in [-0.25, -0.2) is 4.98 Å². The normalized spacial score (nSPS) is 13.1. The number of fused-ring (bicyclic) bond motifs is 1. The van der Waals surface area contributed by atoms with E-state index in [2.05, 4.69) is 60.3 Å². The molecule has 1 aliphatic heterocycles. The molecule has 3 aromatic carbocycles. The summed E-state index contributed by atoms with van der Waals surface area (Å²) in [5.41, 5.74) is 7.32. The van der Waals surface area contributed by atoms with E-state index in [-0.39, 0.29) is 0 Å². The predicted molar refractivity (Wildman–Crippen MR) is 144 cm³/mol. The third-order valence-corrected chi connectivity index (χ3v) is 6.70. The first kappa shape index (κ1) is 23.7. The number of ether oxygens (including phenoxy) is 1. The molecule has 0 atom stereocenters. The van der Waals surface area contributed by atoms with Crippen LogP contribution in [0.15, 0.2) is 72.9 Å². The minimum atomic E-state index is 0.528. The van der Waals surface area contributed by atoms with Gasteiger partial charge in [0, 0.05) is 41.9 Å². The van der Waals surface area contributed by atoms with Crippen molar-refractivity contribution in [1.29, 1.82) is 0 Å². The van der Waals surface area contributed by atoms with E-state index < -0.39 is 0 Å². The number of hydrogen-bond acceptors (Lipinski definition) is 3. The number of imidazole rings is 1. The first-order valence-electron chi connectivity index (χ1n) is 12.4. The maximum atomic E-state index is 5.97. The molecular formula is C30H32ClN3O. The molecule has 1 aliphatic rings. The zero-order valence-corrected chi connectivity index (χ0v) is 21.2. The summed E-state index contributed by atoms with van der Waals surface area (Å²) in [6.07, 6.45) is 5.04. The van der Waals surface area contributed by atoms with Crippen molar-refractivity contribution in [2.24, 2.45) is 5.92 Å². The van der Waals surface area contributed by atoms with Crippen molar-refractivity contribution in [2.45, 2.75) is 39.7 Å². The molecule has 0 aliphatic carbocycles. The Labute approximate surface area is 212 Å². The van der Waals surface area contributed by atoms with Crippen molar-refractivity contribution in [3.8, 4) is 22.7 Å². The maximum absolute atomic E-state index is 5.97. The fourth-order valence-corrected chi connectivity index (χ4v) is 4.69. The fourth-order valence-electron chi connectivity index (χ4n) is 4.57. The Morgan fingerprint density at radius 3 is 2.57 bits per heavy atom. The van der Waals surface area contributed by atoms with Gasteiger partial charge in [-0.2, -0.15) is 0 Å². The summed E-state index contributed by atoms with van der Waals surface area (Å²) >= 11 is 5.97. The van der Waals surface area contributed by atoms with Gasteiger partial charge in [0.25, 0.3) is 0 Å². The Morgan fingerprint density at radius 1 is 1.00 bits per heavy atom. The highest BCUT2D eigenvalue weighted by atomic mass is 35.5. The van der Waals surface area contributed by atoms with E-state index in [9.17, 15) is 0 Å². The average Bonchev–Trinajstić information content (AvgIpc) is 3.28. The monoisotopic (exact) mass is 485 g/mol. The van der Waals surface area contributed by atoms with Gasteiger partial charge in [-0.05, 0) is 84.1 Å². The van der Waals surface area contributed by atoms with Crippen LogP contribution in [0.4, 0.5) is 0 Å². The van der Waals surface area contributed by atoms with Crippen molar-refractivity contribution in [3.63, 3.8) is 0 Å². The number of benzene rings is 3. The Morgan fingerprint density at radius 2 is 1.80 bits per heavy atom. The molecule has 5 heteroatoms. The molecule has 5 rings (SSSR count). The predicted octanol–water partition coefficient (Wildman–Crippen LogP) is 6.66. The molecular weight excluding hydrogens is 454 g/mol. The van der Waals surface area contributed by atoms with Gasteiger partial charge in [0.15, 0.2) is 0 Å². The van der Waals surface area contributed by atoms with Crippen molar-refractivity contribution < 1.29 is 4.74 Å². The molecule has 180 valence electrons. The van der Waals surface area contributed by atoms with Gasteiger partial charge in [0.2, 0.25) is 0 Å². The lowest BCUT2D eigenvalue weighted by atomic mass is 10.0. The van der Waals surface area contributed by atoms with Crippen molar-refractivity contribution in [2.75, 3.05) is 13.2 Å². The van der Waals surface area contributed by atoms with Gasteiger partial charge in [0.1, 0.15) is 11.6 Å². The van der Waals surface area contributed by atoms with E-state index in [4.69, 9.17) is 21.3 Å². The first-order chi connectivity index (χ1) is 17.0. The molecule has 0 spiro atoms. The zero-order chi connectivity index (χ0) is 24.2. The second-order valence-corrected chi connectivity index (χ2v) is 10.1. The highest BCUT2D eigenvalue weighted by molar-refractivity contribution is 6.30. The zero-order valence-electron chi connectivity index (χ0n) is 20.4. The number of hydrogen-bond donors (Lipinski definition) is 1. The minimum Gasteiger partial charge on any atom is -0.493 e. The molecule has 4 nitrogen and oxygen atoms in total. The minimum absolute atomic E-state index is 0.528. The van der Waals surface area contributed by atoms with Crippen LogP contribution in [0.25, 0.3) is 16.9 Å². The molecule has 2 heterocycles. The summed E-state index contributed by atoms with van der Waals surface area (Å²) in [6, 6.07) is 23.0. The number of nitrogens with zero attached hydrogens (tertiary/aromatic N) is 2. The number of rotatable bonds is 8. The van der Waals surface area contributed by atoms with Crippen LogP contribution in [-0.4, -0.2) is 22.7 Å². The molecule has 0 saturated carbocycles. The Balaban J connectivity index is 1.33. The topological polar surface area (TPSA) is 39.1 Å². The van der Waals surface area contributed by atoms with Gasteiger partial charge in [0.05, 0.1) is 12.3 Å². The fraction of sp³-hybridized carbons (Fsp3) is 0.300. The third kappa shape index (κ3) is 5.77. The lowest BCUT2D eigenvalue weighted by molar-refractivity contribution is 0.322. The first-order valence-corrected chi connectivity index (χ1v) is 12.8. The van der Waals surface area contributed by atoms with Crippen molar-refractivity contribution in [3.05, 3.63) is 100 Å². The van der Waals surface area contributed by atoms with Gasteiger partial charge >= 0.3 is 0 Å². The van der Waals surface area contributed by atoms with E-state index in [0.29, 0.717) is 12.5 Å².